The van der Waals surface area contributed by atoms with Crippen molar-refractivity contribution in [2.75, 3.05) is 5.32 Å². The van der Waals surface area contributed by atoms with Crippen LogP contribution < -0.4 is 5.32 Å². The lowest BCUT2D eigenvalue weighted by Crippen LogP contribution is -2.30. The summed E-state index contributed by atoms with van der Waals surface area (Å²) in [6.45, 7) is 2.03. The third kappa shape index (κ3) is 3.24. The zero-order valence-electron chi connectivity index (χ0n) is 12.5. The average molecular weight is 305 g/mol. The highest BCUT2D eigenvalue weighted by atomic mass is 32.1. The van der Waals surface area contributed by atoms with Gasteiger partial charge in [0.05, 0.1) is 11.8 Å². The number of rotatable bonds is 3. The van der Waals surface area contributed by atoms with Crippen molar-refractivity contribution in [1.82, 2.24) is 9.97 Å². The van der Waals surface area contributed by atoms with Crippen molar-refractivity contribution in [2.24, 2.45) is 0 Å². The van der Waals surface area contributed by atoms with E-state index >= 15 is 0 Å². The summed E-state index contributed by atoms with van der Waals surface area (Å²) in [5, 5.41) is 13.4. The molecule has 2 atom stereocenters. The Bertz CT molecular complexity index is 558. The summed E-state index contributed by atoms with van der Waals surface area (Å²) >= 11 is 4.63. The van der Waals surface area contributed by atoms with E-state index in [2.05, 4.69) is 27.9 Å². The lowest BCUT2D eigenvalue weighted by atomic mass is 9.92. The highest BCUT2D eigenvalue weighted by molar-refractivity contribution is 7.84. The number of nitrogens with zero attached hydrogens (tertiary/aromatic N) is 2. The van der Waals surface area contributed by atoms with Crippen molar-refractivity contribution in [3.05, 3.63) is 22.5 Å². The van der Waals surface area contributed by atoms with Gasteiger partial charge >= 0.3 is 0 Å². The maximum atomic E-state index is 9.84. The normalized spacial score (nSPS) is 26.2. The molecule has 2 N–H and O–H groups in total. The standard InChI is InChI=1S/C16H23N3OS/c1-10-15(13-6-3-7-14(13)21)16(18-9-17-10)19-11-4-2-5-12(20)8-11/h9,11-12,20-21H,2-8H2,1H3,(H,17,18,19). The van der Waals surface area contributed by atoms with Gasteiger partial charge in [0.1, 0.15) is 12.1 Å². The van der Waals surface area contributed by atoms with Gasteiger partial charge in [-0.05, 0) is 62.3 Å². The topological polar surface area (TPSA) is 58.0 Å². The van der Waals surface area contributed by atoms with E-state index in [0.717, 1.165) is 62.0 Å². The Labute approximate surface area is 131 Å². The fourth-order valence-corrected chi connectivity index (χ4v) is 3.81. The van der Waals surface area contributed by atoms with E-state index in [1.54, 1.807) is 6.33 Å². The molecule has 0 spiro atoms. The monoisotopic (exact) mass is 305 g/mol. The number of aliphatic hydroxyl groups excluding tert-OH is 1. The van der Waals surface area contributed by atoms with Gasteiger partial charge in [0.25, 0.3) is 0 Å². The van der Waals surface area contributed by atoms with Crippen molar-refractivity contribution in [1.29, 1.82) is 0 Å². The minimum absolute atomic E-state index is 0.186. The zero-order chi connectivity index (χ0) is 14.8. The van der Waals surface area contributed by atoms with Crippen molar-refractivity contribution < 1.29 is 5.11 Å². The van der Waals surface area contributed by atoms with Crippen LogP contribution in [0.5, 0.6) is 0 Å². The summed E-state index contributed by atoms with van der Waals surface area (Å²) in [6.07, 6.45) is 8.57. The second-order valence-corrected chi connectivity index (χ2v) is 6.66. The third-order valence-electron chi connectivity index (χ3n) is 4.51. The van der Waals surface area contributed by atoms with Crippen LogP contribution in [-0.4, -0.2) is 27.2 Å². The van der Waals surface area contributed by atoms with Crippen LogP contribution in [0.15, 0.2) is 11.2 Å². The SMILES string of the molecule is Cc1ncnc(NC2CCCC(O)C2)c1C1=C(S)CCC1. The predicted octanol–water partition coefficient (Wildman–Crippen LogP) is 3.33. The minimum atomic E-state index is -0.186. The largest absolute Gasteiger partial charge is 0.393 e. The number of thiol groups is 1. The molecule has 0 aromatic carbocycles. The number of anilines is 1. The number of allylic oxidation sites excluding steroid dienone is 2. The maximum Gasteiger partial charge on any atom is 0.137 e. The molecule has 114 valence electrons. The molecule has 1 saturated carbocycles. The van der Waals surface area contributed by atoms with Gasteiger partial charge in [-0.1, -0.05) is 0 Å². The summed E-state index contributed by atoms with van der Waals surface area (Å²) in [7, 11) is 0. The fourth-order valence-electron chi connectivity index (χ4n) is 3.43. The molecule has 0 amide bonds. The van der Waals surface area contributed by atoms with Crippen molar-refractivity contribution in [2.45, 2.75) is 64.0 Å². The minimum Gasteiger partial charge on any atom is -0.393 e. The molecule has 2 aliphatic carbocycles. The molecule has 2 unspecified atom stereocenters. The van der Waals surface area contributed by atoms with Gasteiger partial charge in [-0.2, -0.15) is 0 Å². The third-order valence-corrected chi connectivity index (χ3v) is 5.01. The Morgan fingerprint density at radius 1 is 1.24 bits per heavy atom. The van der Waals surface area contributed by atoms with Crippen LogP contribution in [0.1, 0.15) is 56.2 Å². The van der Waals surface area contributed by atoms with E-state index in [1.165, 1.54) is 10.5 Å². The number of nitrogens with one attached hydrogen (secondary N) is 1. The van der Waals surface area contributed by atoms with Gasteiger partial charge in [-0.3, -0.25) is 0 Å². The first-order valence-electron chi connectivity index (χ1n) is 7.82. The van der Waals surface area contributed by atoms with E-state index in [4.69, 9.17) is 0 Å². The molecule has 3 rings (SSSR count). The van der Waals surface area contributed by atoms with Crippen LogP contribution in [-0.2, 0) is 0 Å². The summed E-state index contributed by atoms with van der Waals surface area (Å²) in [5.74, 6) is 0.907. The summed E-state index contributed by atoms with van der Waals surface area (Å²) in [5.41, 5.74) is 3.42. The van der Waals surface area contributed by atoms with Crippen LogP contribution in [0.4, 0.5) is 5.82 Å². The molecule has 1 aromatic rings. The molecule has 4 nitrogen and oxygen atoms in total. The van der Waals surface area contributed by atoms with Crippen molar-refractivity contribution in [3.63, 3.8) is 0 Å². The van der Waals surface area contributed by atoms with Crippen LogP contribution in [0.2, 0.25) is 0 Å². The number of aryl methyl sites for hydroxylation is 1. The second-order valence-electron chi connectivity index (χ2n) is 6.12. The van der Waals surface area contributed by atoms with Crippen LogP contribution >= 0.6 is 12.6 Å². The van der Waals surface area contributed by atoms with E-state index in [0.29, 0.717) is 6.04 Å². The van der Waals surface area contributed by atoms with Gasteiger partial charge in [0.2, 0.25) is 0 Å². The van der Waals surface area contributed by atoms with E-state index < -0.39 is 0 Å². The lowest BCUT2D eigenvalue weighted by Gasteiger charge is -2.28. The van der Waals surface area contributed by atoms with Crippen molar-refractivity contribution >= 4 is 24.0 Å². The van der Waals surface area contributed by atoms with Crippen molar-refractivity contribution in [3.8, 4) is 0 Å². The molecular formula is C16H23N3OS. The Morgan fingerprint density at radius 3 is 2.81 bits per heavy atom. The maximum absolute atomic E-state index is 9.84. The summed E-state index contributed by atoms with van der Waals surface area (Å²) < 4.78 is 0. The summed E-state index contributed by atoms with van der Waals surface area (Å²) in [6, 6.07) is 0.298. The first-order valence-corrected chi connectivity index (χ1v) is 8.27. The molecule has 0 aliphatic heterocycles. The molecule has 1 fully saturated rings. The Hall–Kier alpha value is -1.07. The Kier molecular flexibility index (Phi) is 4.50. The molecule has 5 heteroatoms. The first-order chi connectivity index (χ1) is 10.1. The lowest BCUT2D eigenvalue weighted by molar-refractivity contribution is 0.124. The Balaban J connectivity index is 1.88. The number of hydrogen-bond donors (Lipinski definition) is 3. The van der Waals surface area contributed by atoms with Crippen LogP contribution in [0.25, 0.3) is 5.57 Å². The molecule has 0 saturated heterocycles. The molecule has 21 heavy (non-hydrogen) atoms. The summed E-state index contributed by atoms with van der Waals surface area (Å²) in [4.78, 5) is 9.99. The molecular weight excluding hydrogens is 282 g/mol. The van der Waals surface area contributed by atoms with E-state index in [-0.39, 0.29) is 6.10 Å². The smallest absolute Gasteiger partial charge is 0.137 e. The molecule has 2 aliphatic rings. The van der Waals surface area contributed by atoms with Gasteiger partial charge in [0, 0.05) is 11.6 Å². The average Bonchev–Trinajstić information content (AvgIpc) is 2.85. The zero-order valence-corrected chi connectivity index (χ0v) is 13.4. The second kappa shape index (κ2) is 6.36. The quantitative estimate of drug-likeness (QED) is 0.750. The van der Waals surface area contributed by atoms with Gasteiger partial charge < -0.3 is 10.4 Å². The molecule has 0 radical (unpaired) electrons. The van der Waals surface area contributed by atoms with E-state index in [9.17, 15) is 5.11 Å². The number of aliphatic hydroxyl groups is 1. The molecule has 1 heterocycles. The fraction of sp³-hybridized carbons (Fsp3) is 0.625. The van der Waals surface area contributed by atoms with E-state index in [1.807, 2.05) is 6.92 Å². The highest BCUT2D eigenvalue weighted by Crippen LogP contribution is 2.39. The van der Waals surface area contributed by atoms with Gasteiger partial charge in [-0.15, -0.1) is 12.6 Å². The predicted molar refractivity (Wildman–Crippen MR) is 88.4 cm³/mol. The molecule has 0 bridgehead atoms. The molecule has 1 aromatic heterocycles. The van der Waals surface area contributed by atoms with Gasteiger partial charge in [-0.25, -0.2) is 9.97 Å². The van der Waals surface area contributed by atoms with Gasteiger partial charge in [0.15, 0.2) is 0 Å². The van der Waals surface area contributed by atoms with Crippen LogP contribution in [0.3, 0.4) is 0 Å². The van der Waals surface area contributed by atoms with Crippen LogP contribution in [0, 0.1) is 6.92 Å². The highest BCUT2D eigenvalue weighted by Gasteiger charge is 2.24. The number of aromatic nitrogens is 2. The number of hydrogen-bond acceptors (Lipinski definition) is 5. The first kappa shape index (κ1) is 14.9. The Morgan fingerprint density at radius 2 is 2.10 bits per heavy atom.